The van der Waals surface area contributed by atoms with Crippen LogP contribution in [0.2, 0.25) is 0 Å². The van der Waals surface area contributed by atoms with Gasteiger partial charge in [-0.05, 0) is 30.3 Å². The van der Waals surface area contributed by atoms with Gasteiger partial charge in [-0.15, -0.1) is 0 Å². The van der Waals surface area contributed by atoms with Crippen molar-refractivity contribution in [2.45, 2.75) is 7.43 Å². The van der Waals surface area contributed by atoms with Crippen LogP contribution < -0.4 is 4.74 Å². The number of aromatic nitrogens is 3. The molecule has 0 fully saturated rings. The molecule has 0 N–H and O–H groups in total. The molecule has 0 aliphatic heterocycles. The molecule has 4 aromatic rings. The third-order valence-corrected chi connectivity index (χ3v) is 3.65. The third kappa shape index (κ3) is 2.80. The number of ether oxygens (including phenoxy) is 1. The Hall–Kier alpha value is -2.95. The molecule has 2 aromatic carbocycles. The highest BCUT2D eigenvalue weighted by Gasteiger charge is 2.07. The Balaban J connectivity index is 0.00000169. The molecule has 2 aromatic heterocycles. The van der Waals surface area contributed by atoms with Gasteiger partial charge in [0.15, 0.2) is 0 Å². The van der Waals surface area contributed by atoms with Gasteiger partial charge in [0.25, 0.3) is 0 Å². The highest BCUT2D eigenvalue weighted by Crippen LogP contribution is 2.24. The van der Waals surface area contributed by atoms with E-state index in [2.05, 4.69) is 9.97 Å². The fourth-order valence-corrected chi connectivity index (χ4v) is 2.61. The van der Waals surface area contributed by atoms with Gasteiger partial charge >= 0.3 is 0 Å². The van der Waals surface area contributed by atoms with Crippen LogP contribution in [0.3, 0.4) is 0 Å². The van der Waals surface area contributed by atoms with Crippen molar-refractivity contribution in [1.82, 2.24) is 14.4 Å². The molecule has 0 atom stereocenters. The summed E-state index contributed by atoms with van der Waals surface area (Å²) in [6.07, 6.45) is 1.96. The minimum atomic E-state index is -0.505. The number of imidazole rings is 1. The summed E-state index contributed by atoms with van der Waals surface area (Å²) in [5.74, 6) is 1.29. The van der Waals surface area contributed by atoms with E-state index < -0.39 is 6.67 Å². The van der Waals surface area contributed by atoms with Crippen molar-refractivity contribution >= 4 is 16.8 Å². The zero-order valence-electron chi connectivity index (χ0n) is 12.3. The van der Waals surface area contributed by atoms with Gasteiger partial charge in [-0.1, -0.05) is 31.7 Å². The molecule has 0 saturated heterocycles. The van der Waals surface area contributed by atoms with E-state index in [9.17, 15) is 4.39 Å². The lowest BCUT2D eigenvalue weighted by atomic mass is 10.1. The molecule has 0 saturated carbocycles. The first kappa shape index (κ1) is 15.9. The minimum Gasteiger partial charge on any atom is -0.491 e. The van der Waals surface area contributed by atoms with Crippen LogP contribution in [0.25, 0.3) is 28.1 Å². The van der Waals surface area contributed by atoms with Crippen molar-refractivity contribution < 1.29 is 9.13 Å². The summed E-state index contributed by atoms with van der Waals surface area (Å²) in [6.45, 7) is -0.448. The lowest BCUT2D eigenvalue weighted by Gasteiger charge is -2.06. The molecule has 0 unspecified atom stereocenters. The van der Waals surface area contributed by atoms with Gasteiger partial charge in [-0.2, -0.15) is 0 Å². The zero-order valence-corrected chi connectivity index (χ0v) is 12.3. The van der Waals surface area contributed by atoms with Crippen LogP contribution in [0, 0.1) is 0 Å². The van der Waals surface area contributed by atoms with Gasteiger partial charge < -0.3 is 4.74 Å². The maximum absolute atomic E-state index is 12.2. The summed E-state index contributed by atoms with van der Waals surface area (Å²) >= 11 is 0. The number of para-hydroxylation sites is 2. The molecule has 0 aliphatic carbocycles. The first-order valence-corrected chi connectivity index (χ1v) is 7.38. The first-order chi connectivity index (χ1) is 11.3. The number of halogens is 1. The summed E-state index contributed by atoms with van der Waals surface area (Å²) in [7, 11) is 0. The molecule has 5 heteroatoms. The normalized spacial score (nSPS) is 10.7. The Morgan fingerprint density at radius 2 is 1.88 bits per heavy atom. The predicted molar refractivity (Wildman–Crippen MR) is 94.1 cm³/mol. The number of benzene rings is 2. The third-order valence-electron chi connectivity index (χ3n) is 3.65. The average Bonchev–Trinajstić information content (AvgIpc) is 2.98. The number of nitrogens with zero attached hydrogens (tertiary/aromatic N) is 3. The maximum atomic E-state index is 12.2. The topological polar surface area (TPSA) is 39.4 Å². The summed E-state index contributed by atoms with van der Waals surface area (Å²) in [6, 6.07) is 17.4. The maximum Gasteiger partial charge on any atom is 0.235 e. The summed E-state index contributed by atoms with van der Waals surface area (Å²) in [5, 5.41) is 0. The van der Waals surface area contributed by atoms with Gasteiger partial charge in [-0.3, -0.25) is 4.40 Å². The van der Waals surface area contributed by atoms with E-state index in [-0.39, 0.29) is 14.0 Å². The van der Waals surface area contributed by atoms with E-state index in [4.69, 9.17) is 4.74 Å². The van der Waals surface area contributed by atoms with Crippen LogP contribution in [0.15, 0.2) is 60.8 Å². The van der Waals surface area contributed by atoms with Crippen molar-refractivity contribution in [2.75, 3.05) is 13.3 Å². The smallest absolute Gasteiger partial charge is 0.235 e. The Bertz CT molecular complexity index is 981. The number of alkyl halides is 1. The molecular formula is C19H18FN3O. The lowest BCUT2D eigenvalue weighted by Crippen LogP contribution is -1.98. The summed E-state index contributed by atoms with van der Waals surface area (Å²) < 4.78 is 19.5. The van der Waals surface area contributed by atoms with E-state index in [1.165, 1.54) is 0 Å². The SMILES string of the molecule is C.FCCOc1cccc(-c2ccn3c(n2)nc2ccccc23)c1. The van der Waals surface area contributed by atoms with Crippen LogP contribution in [0.1, 0.15) is 7.43 Å². The van der Waals surface area contributed by atoms with Crippen LogP contribution in [0.5, 0.6) is 5.75 Å². The average molecular weight is 323 g/mol. The molecule has 24 heavy (non-hydrogen) atoms. The summed E-state index contributed by atoms with van der Waals surface area (Å²) in [4.78, 5) is 9.17. The van der Waals surface area contributed by atoms with Crippen molar-refractivity contribution in [3.63, 3.8) is 0 Å². The molecule has 0 radical (unpaired) electrons. The minimum absolute atomic E-state index is 0. The second-order valence-corrected chi connectivity index (χ2v) is 5.15. The van der Waals surface area contributed by atoms with E-state index in [1.807, 2.05) is 65.2 Å². The highest BCUT2D eigenvalue weighted by molar-refractivity contribution is 5.80. The number of hydrogen-bond acceptors (Lipinski definition) is 3. The number of rotatable bonds is 4. The number of fused-ring (bicyclic) bond motifs is 3. The molecule has 0 amide bonds. The molecule has 0 bridgehead atoms. The van der Waals surface area contributed by atoms with Crippen molar-refractivity contribution in [2.24, 2.45) is 0 Å². The van der Waals surface area contributed by atoms with Crippen molar-refractivity contribution in [1.29, 1.82) is 0 Å². The van der Waals surface area contributed by atoms with Crippen LogP contribution >= 0.6 is 0 Å². The Morgan fingerprint density at radius 1 is 1.00 bits per heavy atom. The lowest BCUT2D eigenvalue weighted by molar-refractivity contribution is 0.273. The van der Waals surface area contributed by atoms with Crippen LogP contribution in [0.4, 0.5) is 4.39 Å². The van der Waals surface area contributed by atoms with Gasteiger partial charge in [0.1, 0.15) is 19.0 Å². The Kier molecular flexibility index (Phi) is 4.42. The van der Waals surface area contributed by atoms with E-state index in [0.29, 0.717) is 11.5 Å². The molecule has 4 nitrogen and oxygen atoms in total. The fraction of sp³-hybridized carbons (Fsp3) is 0.158. The Morgan fingerprint density at radius 3 is 2.75 bits per heavy atom. The zero-order chi connectivity index (χ0) is 15.6. The largest absolute Gasteiger partial charge is 0.491 e. The van der Waals surface area contributed by atoms with Crippen molar-refractivity contribution in [3.05, 3.63) is 60.8 Å². The van der Waals surface area contributed by atoms with E-state index in [1.54, 1.807) is 0 Å². The van der Waals surface area contributed by atoms with Gasteiger partial charge in [0.2, 0.25) is 5.78 Å². The molecule has 2 heterocycles. The van der Waals surface area contributed by atoms with Crippen LogP contribution in [-0.4, -0.2) is 27.7 Å². The first-order valence-electron chi connectivity index (χ1n) is 7.38. The predicted octanol–water partition coefficient (Wildman–Crippen LogP) is 4.53. The quantitative estimate of drug-likeness (QED) is 0.554. The van der Waals surface area contributed by atoms with Gasteiger partial charge in [0.05, 0.1) is 16.7 Å². The van der Waals surface area contributed by atoms with E-state index >= 15 is 0 Å². The molecular weight excluding hydrogens is 305 g/mol. The summed E-state index contributed by atoms with van der Waals surface area (Å²) in [5.41, 5.74) is 3.66. The molecule has 4 rings (SSSR count). The van der Waals surface area contributed by atoms with Gasteiger partial charge in [-0.25, -0.2) is 14.4 Å². The Labute approximate surface area is 139 Å². The molecule has 122 valence electrons. The highest BCUT2D eigenvalue weighted by atomic mass is 19.1. The second-order valence-electron chi connectivity index (χ2n) is 5.15. The van der Waals surface area contributed by atoms with E-state index in [0.717, 1.165) is 22.3 Å². The molecule has 0 spiro atoms. The standard InChI is InChI=1S/C18H14FN3O.CH4/c19-9-11-23-14-5-3-4-13(12-14)15-8-10-22-17-7-2-1-6-16(17)21-18(22)20-15;/h1-8,10,12H,9,11H2;1H4. The van der Waals surface area contributed by atoms with Crippen LogP contribution in [-0.2, 0) is 0 Å². The second kappa shape index (κ2) is 6.66. The van der Waals surface area contributed by atoms with Gasteiger partial charge in [0, 0.05) is 11.8 Å². The number of hydrogen-bond donors (Lipinski definition) is 0. The fourth-order valence-electron chi connectivity index (χ4n) is 2.61. The molecule has 0 aliphatic rings. The van der Waals surface area contributed by atoms with Crippen molar-refractivity contribution in [3.8, 4) is 17.0 Å². The monoisotopic (exact) mass is 323 g/mol.